The molecule has 0 amide bonds. The van der Waals surface area contributed by atoms with E-state index in [0.29, 0.717) is 16.3 Å². The molecule has 18 heavy (non-hydrogen) atoms. The minimum Gasteiger partial charge on any atom is -0.398 e. The lowest BCUT2D eigenvalue weighted by atomic mass is 10.0. The van der Waals surface area contributed by atoms with Gasteiger partial charge in [0.1, 0.15) is 0 Å². The van der Waals surface area contributed by atoms with Crippen molar-refractivity contribution in [3.8, 4) is 0 Å². The monoisotopic (exact) mass is 291 g/mol. The normalized spacial score (nSPS) is 11.8. The first-order chi connectivity index (χ1) is 8.38. The topological polar surface area (TPSA) is 26.0 Å². The molecule has 2 rings (SSSR count). The highest BCUT2D eigenvalue weighted by atomic mass is 35.5. The summed E-state index contributed by atoms with van der Waals surface area (Å²) < 4.78 is 38.6. The molecule has 0 atom stereocenters. The lowest BCUT2D eigenvalue weighted by molar-refractivity contribution is -0.136. The van der Waals surface area contributed by atoms with E-state index in [1.54, 1.807) is 18.2 Å². The summed E-state index contributed by atoms with van der Waals surface area (Å²) in [6.07, 6.45) is -4.07. The number of nitrogen functional groups attached to an aromatic ring is 1. The largest absolute Gasteiger partial charge is 0.418 e. The highest BCUT2D eigenvalue weighted by Crippen LogP contribution is 2.36. The highest BCUT2D eigenvalue weighted by molar-refractivity contribution is 7.16. The molecular weight excluding hydrogens is 283 g/mol. The molecule has 1 aromatic heterocycles. The summed E-state index contributed by atoms with van der Waals surface area (Å²) >= 11 is 7.11. The van der Waals surface area contributed by atoms with E-state index in [1.807, 2.05) is 0 Å². The maximum Gasteiger partial charge on any atom is 0.418 e. The van der Waals surface area contributed by atoms with Gasteiger partial charge in [-0.25, -0.2) is 0 Å². The maximum absolute atomic E-state index is 12.7. The van der Waals surface area contributed by atoms with Gasteiger partial charge in [0.05, 0.1) is 9.90 Å². The van der Waals surface area contributed by atoms with Gasteiger partial charge in [-0.1, -0.05) is 23.7 Å². The number of alkyl halides is 3. The van der Waals surface area contributed by atoms with Crippen LogP contribution in [0.3, 0.4) is 0 Å². The fraction of sp³-hybridized carbons (Fsp3) is 0.167. The van der Waals surface area contributed by atoms with Gasteiger partial charge in [-0.2, -0.15) is 13.2 Å². The Hall–Kier alpha value is -1.20. The van der Waals surface area contributed by atoms with Crippen LogP contribution in [0.25, 0.3) is 0 Å². The van der Waals surface area contributed by atoms with E-state index in [1.165, 1.54) is 17.4 Å². The SMILES string of the molecule is Nc1c(Cc2ccc(Cl)s2)cccc1C(F)(F)F. The minimum atomic E-state index is -4.42. The quantitative estimate of drug-likeness (QED) is 0.805. The Kier molecular flexibility index (Phi) is 3.54. The van der Waals surface area contributed by atoms with Crippen LogP contribution in [0.5, 0.6) is 0 Å². The van der Waals surface area contributed by atoms with Crippen LogP contribution in [-0.4, -0.2) is 0 Å². The Morgan fingerprint density at radius 2 is 1.89 bits per heavy atom. The summed E-state index contributed by atoms with van der Waals surface area (Å²) in [7, 11) is 0. The van der Waals surface area contributed by atoms with Gasteiger partial charge in [0.25, 0.3) is 0 Å². The molecule has 96 valence electrons. The van der Waals surface area contributed by atoms with Crippen LogP contribution in [0.15, 0.2) is 30.3 Å². The second-order valence-corrected chi connectivity index (χ2v) is 5.56. The maximum atomic E-state index is 12.7. The zero-order valence-corrected chi connectivity index (χ0v) is 10.7. The number of para-hydroxylation sites is 1. The van der Waals surface area contributed by atoms with E-state index in [4.69, 9.17) is 17.3 Å². The first kappa shape index (κ1) is 13.2. The molecule has 2 N–H and O–H groups in total. The molecule has 6 heteroatoms. The van der Waals surface area contributed by atoms with Gasteiger partial charge in [-0.15, -0.1) is 11.3 Å². The molecule has 0 saturated carbocycles. The van der Waals surface area contributed by atoms with Crippen LogP contribution in [0.4, 0.5) is 18.9 Å². The molecule has 0 unspecified atom stereocenters. The second kappa shape index (κ2) is 4.82. The zero-order chi connectivity index (χ0) is 13.3. The lowest BCUT2D eigenvalue weighted by Gasteiger charge is -2.13. The molecule has 0 fully saturated rings. The first-order valence-electron chi connectivity index (χ1n) is 5.06. The van der Waals surface area contributed by atoms with Crippen molar-refractivity contribution in [1.82, 2.24) is 0 Å². The Morgan fingerprint density at radius 1 is 1.17 bits per heavy atom. The predicted octanol–water partition coefficient (Wildman–Crippen LogP) is 4.59. The van der Waals surface area contributed by atoms with Crippen molar-refractivity contribution >= 4 is 28.6 Å². The number of nitrogens with two attached hydrogens (primary N) is 1. The smallest absolute Gasteiger partial charge is 0.398 e. The lowest BCUT2D eigenvalue weighted by Crippen LogP contribution is -2.10. The van der Waals surface area contributed by atoms with Crippen LogP contribution in [0, 0.1) is 0 Å². The van der Waals surface area contributed by atoms with E-state index in [-0.39, 0.29) is 5.69 Å². The van der Waals surface area contributed by atoms with E-state index < -0.39 is 11.7 Å². The van der Waals surface area contributed by atoms with Crippen LogP contribution < -0.4 is 5.73 Å². The van der Waals surface area contributed by atoms with Gasteiger partial charge in [0.2, 0.25) is 0 Å². The number of thiophene rings is 1. The van der Waals surface area contributed by atoms with Crippen LogP contribution in [0.2, 0.25) is 4.34 Å². The molecule has 2 aromatic rings. The molecule has 1 heterocycles. The molecule has 1 aromatic carbocycles. The Bertz CT molecular complexity index is 563. The van der Waals surface area contributed by atoms with E-state index in [9.17, 15) is 13.2 Å². The molecule has 0 aliphatic heterocycles. The average molecular weight is 292 g/mol. The summed E-state index contributed by atoms with van der Waals surface area (Å²) in [5.74, 6) is 0. The molecular formula is C12H9ClF3NS. The minimum absolute atomic E-state index is 0.213. The molecule has 0 aliphatic rings. The van der Waals surface area contributed by atoms with Gasteiger partial charge >= 0.3 is 6.18 Å². The third-order valence-corrected chi connectivity index (χ3v) is 3.73. The zero-order valence-electron chi connectivity index (χ0n) is 9.09. The van der Waals surface area contributed by atoms with Gasteiger partial charge in [-0.3, -0.25) is 0 Å². The summed E-state index contributed by atoms with van der Waals surface area (Å²) in [5.41, 5.74) is 5.03. The predicted molar refractivity (Wildman–Crippen MR) is 68.0 cm³/mol. The van der Waals surface area contributed by atoms with Gasteiger partial charge in [0.15, 0.2) is 0 Å². The Morgan fingerprint density at radius 3 is 2.44 bits per heavy atom. The summed E-state index contributed by atoms with van der Waals surface area (Å²) in [4.78, 5) is 0.881. The molecule has 0 aliphatic carbocycles. The molecule has 0 radical (unpaired) electrons. The number of hydrogen-bond donors (Lipinski definition) is 1. The third kappa shape index (κ3) is 2.79. The standard InChI is InChI=1S/C12H9ClF3NS/c13-10-5-4-8(18-10)6-7-2-1-3-9(11(7)17)12(14,15)16/h1-5H,6,17H2. The fourth-order valence-electron chi connectivity index (χ4n) is 1.65. The van der Waals surface area contributed by atoms with E-state index >= 15 is 0 Å². The number of benzene rings is 1. The van der Waals surface area contributed by atoms with Crippen molar-refractivity contribution in [2.24, 2.45) is 0 Å². The van der Waals surface area contributed by atoms with Crippen molar-refractivity contribution in [2.75, 3.05) is 5.73 Å². The van der Waals surface area contributed by atoms with Crippen molar-refractivity contribution in [1.29, 1.82) is 0 Å². The fourth-order valence-corrected chi connectivity index (χ4v) is 2.76. The number of rotatable bonds is 2. The number of halogens is 4. The van der Waals surface area contributed by atoms with E-state index in [0.717, 1.165) is 10.9 Å². The van der Waals surface area contributed by atoms with E-state index in [2.05, 4.69) is 0 Å². The van der Waals surface area contributed by atoms with Crippen molar-refractivity contribution in [2.45, 2.75) is 12.6 Å². The number of hydrogen-bond acceptors (Lipinski definition) is 2. The van der Waals surface area contributed by atoms with Gasteiger partial charge in [-0.05, 0) is 23.8 Å². The average Bonchev–Trinajstić information content (AvgIpc) is 2.65. The van der Waals surface area contributed by atoms with Crippen LogP contribution in [-0.2, 0) is 12.6 Å². The van der Waals surface area contributed by atoms with Crippen molar-refractivity contribution < 1.29 is 13.2 Å². The number of anilines is 1. The summed E-state index contributed by atoms with van der Waals surface area (Å²) in [6, 6.07) is 7.44. The van der Waals surface area contributed by atoms with Gasteiger partial charge < -0.3 is 5.73 Å². The third-order valence-electron chi connectivity index (χ3n) is 2.50. The molecule has 0 spiro atoms. The first-order valence-corrected chi connectivity index (χ1v) is 6.26. The molecule has 0 saturated heterocycles. The van der Waals surface area contributed by atoms with Crippen LogP contribution in [0.1, 0.15) is 16.0 Å². The van der Waals surface area contributed by atoms with Gasteiger partial charge in [0, 0.05) is 17.0 Å². The Labute approximate surface area is 111 Å². The highest BCUT2D eigenvalue weighted by Gasteiger charge is 2.33. The molecule has 1 nitrogen and oxygen atoms in total. The molecule has 0 bridgehead atoms. The van der Waals surface area contributed by atoms with Crippen molar-refractivity contribution in [3.63, 3.8) is 0 Å². The second-order valence-electron chi connectivity index (χ2n) is 3.76. The Balaban J connectivity index is 2.35. The van der Waals surface area contributed by atoms with Crippen LogP contribution >= 0.6 is 22.9 Å². The summed E-state index contributed by atoms with van der Waals surface area (Å²) in [6.45, 7) is 0. The summed E-state index contributed by atoms with van der Waals surface area (Å²) in [5, 5.41) is 0. The van der Waals surface area contributed by atoms with Crippen molar-refractivity contribution in [3.05, 3.63) is 50.7 Å².